The maximum absolute atomic E-state index is 12.2. The summed E-state index contributed by atoms with van der Waals surface area (Å²) < 4.78 is 1.90. The third-order valence-corrected chi connectivity index (χ3v) is 3.58. The number of nitrogens with zero attached hydrogens (tertiary/aromatic N) is 1. The maximum Gasteiger partial charge on any atom is 0.244 e. The smallest absolute Gasteiger partial charge is 0.244 e. The number of carbonyl (C=O) groups excluding carboxylic acids is 1. The number of aromatic nitrogens is 1. The molecule has 4 nitrogen and oxygen atoms in total. The minimum atomic E-state index is -0.0516. The minimum absolute atomic E-state index is 0.0516. The summed E-state index contributed by atoms with van der Waals surface area (Å²) in [6, 6.07) is 15.4. The molecule has 0 aliphatic carbocycles. The van der Waals surface area contributed by atoms with E-state index in [-0.39, 0.29) is 12.5 Å². The molecule has 0 saturated carbocycles. The molecule has 3 rings (SSSR count). The first kappa shape index (κ1) is 13.2. The van der Waals surface area contributed by atoms with E-state index < -0.39 is 0 Å². The first-order chi connectivity index (χ1) is 10.1. The highest BCUT2D eigenvalue weighted by Gasteiger charge is 2.08. The number of benzene rings is 2. The predicted octanol–water partition coefficient (Wildman–Crippen LogP) is 3.17. The normalized spacial score (nSPS) is 10.7. The van der Waals surface area contributed by atoms with Gasteiger partial charge in [-0.3, -0.25) is 4.79 Å². The average molecular weight is 279 g/mol. The molecule has 0 radical (unpaired) electrons. The van der Waals surface area contributed by atoms with E-state index in [0.717, 1.165) is 27.8 Å². The van der Waals surface area contributed by atoms with Gasteiger partial charge in [-0.2, -0.15) is 0 Å². The number of fused-ring (bicyclic) bond motifs is 1. The number of anilines is 2. The fraction of sp³-hybridized carbons (Fsp3) is 0.118. The van der Waals surface area contributed by atoms with E-state index in [4.69, 9.17) is 5.73 Å². The molecular weight excluding hydrogens is 262 g/mol. The summed E-state index contributed by atoms with van der Waals surface area (Å²) in [6.45, 7) is 2.24. The number of rotatable bonds is 3. The molecule has 1 amide bonds. The van der Waals surface area contributed by atoms with Crippen LogP contribution in [-0.4, -0.2) is 10.5 Å². The zero-order valence-corrected chi connectivity index (χ0v) is 11.8. The number of para-hydroxylation sites is 1. The van der Waals surface area contributed by atoms with E-state index in [9.17, 15) is 4.79 Å². The lowest BCUT2D eigenvalue weighted by atomic mass is 10.2. The van der Waals surface area contributed by atoms with Crippen LogP contribution in [0.5, 0.6) is 0 Å². The highest BCUT2D eigenvalue weighted by Crippen LogP contribution is 2.22. The van der Waals surface area contributed by atoms with E-state index in [1.54, 1.807) is 0 Å². The van der Waals surface area contributed by atoms with E-state index >= 15 is 0 Å². The molecule has 2 aromatic carbocycles. The second kappa shape index (κ2) is 5.32. The molecular formula is C17H17N3O. The summed E-state index contributed by atoms with van der Waals surface area (Å²) in [5, 5.41) is 3.91. The SMILES string of the molecule is Cc1ccccc1NC(=O)Cn1ccc2c(N)cccc21. The number of hydrogen-bond acceptors (Lipinski definition) is 2. The molecule has 0 atom stereocenters. The third-order valence-electron chi connectivity index (χ3n) is 3.58. The molecule has 0 unspecified atom stereocenters. The highest BCUT2D eigenvalue weighted by molar-refractivity contribution is 5.95. The van der Waals surface area contributed by atoms with Crippen molar-refractivity contribution in [1.82, 2.24) is 4.57 Å². The Kier molecular flexibility index (Phi) is 3.36. The molecule has 0 fully saturated rings. The van der Waals surface area contributed by atoms with Gasteiger partial charge in [-0.1, -0.05) is 24.3 Å². The van der Waals surface area contributed by atoms with Crippen LogP contribution >= 0.6 is 0 Å². The third kappa shape index (κ3) is 2.60. The molecule has 0 aliphatic rings. The van der Waals surface area contributed by atoms with Gasteiger partial charge >= 0.3 is 0 Å². The fourth-order valence-electron chi connectivity index (χ4n) is 2.44. The predicted molar refractivity (Wildman–Crippen MR) is 86.2 cm³/mol. The van der Waals surface area contributed by atoms with Crippen molar-refractivity contribution in [2.75, 3.05) is 11.1 Å². The lowest BCUT2D eigenvalue weighted by molar-refractivity contribution is -0.116. The van der Waals surface area contributed by atoms with Gasteiger partial charge in [0.1, 0.15) is 6.54 Å². The van der Waals surface area contributed by atoms with Crippen molar-refractivity contribution in [3.05, 3.63) is 60.3 Å². The Labute approximate surface area is 123 Å². The summed E-state index contributed by atoms with van der Waals surface area (Å²) in [5.41, 5.74) is 9.52. The number of amides is 1. The van der Waals surface area contributed by atoms with Crippen molar-refractivity contribution in [2.45, 2.75) is 13.5 Å². The van der Waals surface area contributed by atoms with Crippen LogP contribution in [0, 0.1) is 6.92 Å². The molecule has 0 bridgehead atoms. The number of carbonyl (C=O) groups is 1. The van der Waals surface area contributed by atoms with Crippen molar-refractivity contribution in [3.8, 4) is 0 Å². The molecule has 1 heterocycles. The summed E-state index contributed by atoms with van der Waals surface area (Å²) >= 11 is 0. The minimum Gasteiger partial charge on any atom is -0.398 e. The number of aryl methyl sites for hydroxylation is 1. The first-order valence-corrected chi connectivity index (χ1v) is 6.84. The molecule has 0 aliphatic heterocycles. The van der Waals surface area contributed by atoms with Crippen LogP contribution in [0.3, 0.4) is 0 Å². The van der Waals surface area contributed by atoms with Gasteiger partial charge in [0.05, 0.1) is 5.52 Å². The quantitative estimate of drug-likeness (QED) is 0.723. The monoisotopic (exact) mass is 279 g/mol. The Morgan fingerprint density at radius 1 is 1.14 bits per heavy atom. The molecule has 4 heteroatoms. The molecule has 1 aromatic heterocycles. The van der Waals surface area contributed by atoms with Gasteiger partial charge in [0.15, 0.2) is 0 Å². The Morgan fingerprint density at radius 3 is 2.76 bits per heavy atom. The number of nitrogen functional groups attached to an aromatic ring is 1. The van der Waals surface area contributed by atoms with Crippen molar-refractivity contribution in [2.24, 2.45) is 0 Å². The summed E-state index contributed by atoms with van der Waals surface area (Å²) in [7, 11) is 0. The largest absolute Gasteiger partial charge is 0.398 e. The van der Waals surface area contributed by atoms with Crippen molar-refractivity contribution < 1.29 is 4.79 Å². The van der Waals surface area contributed by atoms with Crippen LogP contribution in [0.4, 0.5) is 11.4 Å². The fourth-order valence-corrected chi connectivity index (χ4v) is 2.44. The van der Waals surface area contributed by atoms with Gasteiger partial charge in [0.2, 0.25) is 5.91 Å². The van der Waals surface area contributed by atoms with Gasteiger partial charge in [-0.25, -0.2) is 0 Å². The van der Waals surface area contributed by atoms with Gasteiger partial charge < -0.3 is 15.6 Å². The van der Waals surface area contributed by atoms with Gasteiger partial charge in [-0.15, -0.1) is 0 Å². The highest BCUT2D eigenvalue weighted by atomic mass is 16.1. The number of nitrogens with one attached hydrogen (secondary N) is 1. The lowest BCUT2D eigenvalue weighted by Crippen LogP contribution is -2.18. The molecule has 106 valence electrons. The van der Waals surface area contributed by atoms with Crippen LogP contribution in [0.25, 0.3) is 10.9 Å². The summed E-state index contributed by atoms with van der Waals surface area (Å²) in [5.74, 6) is -0.0516. The van der Waals surface area contributed by atoms with Gasteiger partial charge in [0.25, 0.3) is 0 Å². The molecule has 3 N–H and O–H groups in total. The average Bonchev–Trinajstić information content (AvgIpc) is 2.86. The van der Waals surface area contributed by atoms with Crippen LogP contribution in [0.1, 0.15) is 5.56 Å². The Bertz CT molecular complexity index is 805. The standard InChI is InChI=1S/C17H17N3O/c1-12-5-2-3-7-15(12)19-17(21)11-20-10-9-13-14(18)6-4-8-16(13)20/h2-10H,11,18H2,1H3,(H,19,21). The summed E-state index contributed by atoms with van der Waals surface area (Å²) in [6.07, 6.45) is 1.89. The summed E-state index contributed by atoms with van der Waals surface area (Å²) in [4.78, 5) is 12.2. The van der Waals surface area contributed by atoms with Crippen LogP contribution in [0.2, 0.25) is 0 Å². The van der Waals surface area contributed by atoms with Crippen LogP contribution < -0.4 is 11.1 Å². The van der Waals surface area contributed by atoms with Crippen molar-refractivity contribution >= 4 is 28.2 Å². The molecule has 21 heavy (non-hydrogen) atoms. The topological polar surface area (TPSA) is 60.0 Å². The first-order valence-electron chi connectivity index (χ1n) is 6.84. The number of hydrogen-bond donors (Lipinski definition) is 2. The second-order valence-corrected chi connectivity index (χ2v) is 5.09. The molecule has 0 saturated heterocycles. The Morgan fingerprint density at radius 2 is 1.95 bits per heavy atom. The van der Waals surface area contributed by atoms with Crippen molar-refractivity contribution in [1.29, 1.82) is 0 Å². The molecule has 0 spiro atoms. The van der Waals surface area contributed by atoms with E-state index in [0.29, 0.717) is 0 Å². The zero-order valence-electron chi connectivity index (χ0n) is 11.8. The maximum atomic E-state index is 12.2. The van der Waals surface area contributed by atoms with E-state index in [1.807, 2.05) is 66.2 Å². The zero-order chi connectivity index (χ0) is 14.8. The van der Waals surface area contributed by atoms with Crippen LogP contribution in [0.15, 0.2) is 54.7 Å². The van der Waals surface area contributed by atoms with Crippen LogP contribution in [-0.2, 0) is 11.3 Å². The second-order valence-electron chi connectivity index (χ2n) is 5.09. The Hall–Kier alpha value is -2.75. The van der Waals surface area contributed by atoms with Crippen molar-refractivity contribution in [3.63, 3.8) is 0 Å². The van der Waals surface area contributed by atoms with E-state index in [2.05, 4.69) is 5.32 Å². The van der Waals surface area contributed by atoms with E-state index in [1.165, 1.54) is 0 Å². The van der Waals surface area contributed by atoms with Gasteiger partial charge in [-0.05, 0) is 36.8 Å². The molecule has 3 aromatic rings. The number of nitrogens with two attached hydrogens (primary N) is 1. The van der Waals surface area contributed by atoms with Gasteiger partial charge in [0, 0.05) is 23.0 Å². The lowest BCUT2D eigenvalue weighted by Gasteiger charge is -2.09. The Balaban J connectivity index is 1.81.